The molecule has 1 aromatic heterocycles. The highest BCUT2D eigenvalue weighted by Crippen LogP contribution is 2.25. The van der Waals surface area contributed by atoms with Crippen molar-refractivity contribution in [1.82, 2.24) is 10.4 Å². The van der Waals surface area contributed by atoms with Gasteiger partial charge in [0.2, 0.25) is 0 Å². The number of fused-ring (bicyclic) bond motifs is 1. The van der Waals surface area contributed by atoms with Gasteiger partial charge in [-0.25, -0.2) is 9.80 Å². The minimum Gasteiger partial charge on any atom is -0.350 e. The average molecular weight is 306 g/mol. The maximum absolute atomic E-state index is 12.3. The average Bonchev–Trinajstić information content (AvgIpc) is 2.59. The molecular formula is C17H14N4O2. The SMILES string of the molecule is NC(=O)N(NC(=O)c1cccnc1)c1cccc2ccccc12. The Kier molecular flexibility index (Phi) is 3.88. The van der Waals surface area contributed by atoms with Gasteiger partial charge >= 0.3 is 6.03 Å². The molecule has 6 heteroatoms. The van der Waals surface area contributed by atoms with Gasteiger partial charge < -0.3 is 5.73 Å². The third-order valence-corrected chi connectivity index (χ3v) is 3.36. The van der Waals surface area contributed by atoms with Crippen LogP contribution in [-0.2, 0) is 0 Å². The Morgan fingerprint density at radius 1 is 1.00 bits per heavy atom. The standard InChI is InChI=1S/C17H14N4O2/c18-17(23)21(20-16(22)13-7-4-10-19-11-13)15-9-3-6-12-5-1-2-8-14(12)15/h1-11H,(H2,18,23)(H,20,22). The van der Waals surface area contributed by atoms with Crippen molar-refractivity contribution in [2.24, 2.45) is 5.73 Å². The van der Waals surface area contributed by atoms with Crippen molar-refractivity contribution in [2.75, 3.05) is 5.01 Å². The third kappa shape index (κ3) is 2.96. The quantitative estimate of drug-likeness (QED) is 0.713. The van der Waals surface area contributed by atoms with E-state index in [2.05, 4.69) is 10.4 Å². The number of anilines is 1. The Hall–Kier alpha value is -3.41. The number of hydrogen-bond donors (Lipinski definition) is 2. The van der Waals surface area contributed by atoms with Crippen molar-refractivity contribution in [2.45, 2.75) is 0 Å². The summed E-state index contributed by atoms with van der Waals surface area (Å²) in [5.41, 5.74) is 8.80. The van der Waals surface area contributed by atoms with Gasteiger partial charge in [-0.3, -0.25) is 15.2 Å². The molecule has 3 N–H and O–H groups in total. The molecule has 3 rings (SSSR count). The lowest BCUT2D eigenvalue weighted by Gasteiger charge is -2.22. The summed E-state index contributed by atoms with van der Waals surface area (Å²) in [6, 6.07) is 15.4. The molecule has 0 saturated carbocycles. The molecule has 23 heavy (non-hydrogen) atoms. The molecule has 0 aliphatic carbocycles. The molecule has 0 atom stereocenters. The fourth-order valence-electron chi connectivity index (χ4n) is 2.30. The van der Waals surface area contributed by atoms with Gasteiger partial charge in [0.05, 0.1) is 11.3 Å². The lowest BCUT2D eigenvalue weighted by Crippen LogP contribution is -2.49. The zero-order valence-electron chi connectivity index (χ0n) is 12.1. The third-order valence-electron chi connectivity index (χ3n) is 3.36. The van der Waals surface area contributed by atoms with E-state index in [1.807, 2.05) is 30.3 Å². The van der Waals surface area contributed by atoms with Gasteiger partial charge in [-0.15, -0.1) is 0 Å². The Morgan fingerprint density at radius 3 is 2.52 bits per heavy atom. The van der Waals surface area contributed by atoms with Crippen molar-refractivity contribution in [3.8, 4) is 0 Å². The number of pyridine rings is 1. The number of benzene rings is 2. The Morgan fingerprint density at radius 2 is 1.78 bits per heavy atom. The summed E-state index contributed by atoms with van der Waals surface area (Å²) in [6.07, 6.45) is 2.98. The van der Waals surface area contributed by atoms with E-state index in [1.54, 1.807) is 30.5 Å². The van der Waals surface area contributed by atoms with Gasteiger partial charge in [-0.05, 0) is 23.6 Å². The van der Waals surface area contributed by atoms with Crippen LogP contribution >= 0.6 is 0 Å². The second kappa shape index (κ2) is 6.15. The fraction of sp³-hybridized carbons (Fsp3) is 0. The molecule has 0 bridgehead atoms. The lowest BCUT2D eigenvalue weighted by molar-refractivity contribution is 0.0950. The number of hydrazine groups is 1. The van der Waals surface area contributed by atoms with Crippen LogP contribution in [0.2, 0.25) is 0 Å². The summed E-state index contributed by atoms with van der Waals surface area (Å²) >= 11 is 0. The maximum Gasteiger partial charge on any atom is 0.338 e. The van der Waals surface area contributed by atoms with Crippen molar-refractivity contribution in [3.05, 3.63) is 72.6 Å². The topological polar surface area (TPSA) is 88.3 Å². The smallest absolute Gasteiger partial charge is 0.338 e. The zero-order chi connectivity index (χ0) is 16.2. The second-order valence-corrected chi connectivity index (χ2v) is 4.85. The first-order valence-electron chi connectivity index (χ1n) is 6.95. The second-order valence-electron chi connectivity index (χ2n) is 4.85. The largest absolute Gasteiger partial charge is 0.350 e. The molecule has 2 aromatic carbocycles. The van der Waals surface area contributed by atoms with Crippen molar-refractivity contribution < 1.29 is 9.59 Å². The fourth-order valence-corrected chi connectivity index (χ4v) is 2.30. The van der Waals surface area contributed by atoms with Crippen LogP contribution < -0.4 is 16.2 Å². The number of nitrogens with zero attached hydrogens (tertiary/aromatic N) is 2. The van der Waals surface area contributed by atoms with Gasteiger partial charge in [-0.2, -0.15) is 0 Å². The molecule has 0 saturated heterocycles. The molecule has 0 unspecified atom stereocenters. The molecule has 1 heterocycles. The van der Waals surface area contributed by atoms with Crippen LogP contribution in [0, 0.1) is 0 Å². The Balaban J connectivity index is 1.99. The molecule has 0 fully saturated rings. The van der Waals surface area contributed by atoms with E-state index < -0.39 is 11.9 Å². The van der Waals surface area contributed by atoms with Crippen LogP contribution in [0.3, 0.4) is 0 Å². The van der Waals surface area contributed by atoms with Crippen molar-refractivity contribution in [3.63, 3.8) is 0 Å². The lowest BCUT2D eigenvalue weighted by atomic mass is 10.1. The molecule has 3 amide bonds. The van der Waals surface area contributed by atoms with Crippen molar-refractivity contribution >= 4 is 28.4 Å². The Labute approximate surface area is 132 Å². The number of carbonyl (C=O) groups excluding carboxylic acids is 2. The molecule has 3 aromatic rings. The molecule has 114 valence electrons. The normalized spacial score (nSPS) is 10.3. The first kappa shape index (κ1) is 14.5. The highest BCUT2D eigenvalue weighted by molar-refractivity contribution is 6.06. The number of hydrogen-bond acceptors (Lipinski definition) is 3. The van der Waals surface area contributed by atoms with Gasteiger partial charge in [0, 0.05) is 17.8 Å². The van der Waals surface area contributed by atoms with Crippen molar-refractivity contribution in [1.29, 1.82) is 0 Å². The van der Waals surface area contributed by atoms with Crippen LogP contribution in [0.15, 0.2) is 67.0 Å². The summed E-state index contributed by atoms with van der Waals surface area (Å²) in [5.74, 6) is -0.468. The molecule has 0 aliphatic heterocycles. The number of urea groups is 1. The first-order chi connectivity index (χ1) is 11.2. The highest BCUT2D eigenvalue weighted by Gasteiger charge is 2.18. The minimum absolute atomic E-state index is 0.332. The van der Waals surface area contributed by atoms with E-state index in [-0.39, 0.29) is 0 Å². The predicted octanol–water partition coefficient (Wildman–Crippen LogP) is 2.46. The van der Waals surface area contributed by atoms with E-state index in [9.17, 15) is 9.59 Å². The van der Waals surface area contributed by atoms with Crippen LogP contribution in [0.4, 0.5) is 10.5 Å². The van der Waals surface area contributed by atoms with Crippen LogP contribution in [0.1, 0.15) is 10.4 Å². The number of primary amides is 1. The summed E-state index contributed by atoms with van der Waals surface area (Å²) in [4.78, 5) is 28.0. The van der Waals surface area contributed by atoms with Crippen LogP contribution in [0.25, 0.3) is 10.8 Å². The first-order valence-corrected chi connectivity index (χ1v) is 6.95. The van der Waals surface area contributed by atoms with Gasteiger partial charge in [-0.1, -0.05) is 36.4 Å². The predicted molar refractivity (Wildman–Crippen MR) is 87.7 cm³/mol. The highest BCUT2D eigenvalue weighted by atomic mass is 16.2. The van der Waals surface area contributed by atoms with Crippen LogP contribution in [0.5, 0.6) is 0 Å². The number of nitrogens with one attached hydrogen (secondary N) is 1. The summed E-state index contributed by atoms with van der Waals surface area (Å²) in [7, 11) is 0. The minimum atomic E-state index is -0.779. The molecule has 0 radical (unpaired) electrons. The van der Waals surface area contributed by atoms with Gasteiger partial charge in [0.1, 0.15) is 0 Å². The number of rotatable bonds is 2. The number of aromatic nitrogens is 1. The Bertz CT molecular complexity index is 859. The number of carbonyl (C=O) groups is 2. The van der Waals surface area contributed by atoms with E-state index in [4.69, 9.17) is 5.73 Å². The van der Waals surface area contributed by atoms with Gasteiger partial charge in [0.15, 0.2) is 0 Å². The number of amides is 3. The monoisotopic (exact) mass is 306 g/mol. The van der Waals surface area contributed by atoms with E-state index >= 15 is 0 Å². The number of nitrogens with two attached hydrogens (primary N) is 1. The van der Waals surface area contributed by atoms with E-state index in [0.29, 0.717) is 11.3 Å². The molecular weight excluding hydrogens is 292 g/mol. The molecule has 0 aliphatic rings. The summed E-state index contributed by atoms with van der Waals surface area (Å²) < 4.78 is 0. The molecule has 6 nitrogen and oxygen atoms in total. The molecule has 0 spiro atoms. The van der Waals surface area contributed by atoms with E-state index in [1.165, 1.54) is 6.20 Å². The van der Waals surface area contributed by atoms with E-state index in [0.717, 1.165) is 15.8 Å². The van der Waals surface area contributed by atoms with Crippen LogP contribution in [-0.4, -0.2) is 16.9 Å². The summed E-state index contributed by atoms with van der Waals surface area (Å²) in [5, 5.41) is 2.78. The maximum atomic E-state index is 12.3. The zero-order valence-corrected chi connectivity index (χ0v) is 12.1. The summed E-state index contributed by atoms with van der Waals surface area (Å²) in [6.45, 7) is 0. The van der Waals surface area contributed by atoms with Gasteiger partial charge in [0.25, 0.3) is 5.91 Å².